The number of hydrogen-bond donors (Lipinski definition) is 0. The summed E-state index contributed by atoms with van der Waals surface area (Å²) >= 11 is 6.06. The van der Waals surface area contributed by atoms with Gasteiger partial charge in [0.25, 0.3) is 5.89 Å². The maximum atomic E-state index is 6.06. The molecule has 0 bridgehead atoms. The lowest BCUT2D eigenvalue weighted by atomic mass is 10.1. The Morgan fingerprint density at radius 2 is 1.58 bits per heavy atom. The molecule has 0 aliphatic carbocycles. The molecule has 1 aromatic heterocycles. The Hall–Kier alpha value is -2.73. The third kappa shape index (κ3) is 2.88. The summed E-state index contributed by atoms with van der Waals surface area (Å²) in [6.07, 6.45) is 0. The summed E-state index contributed by atoms with van der Waals surface area (Å²) in [5.74, 6) is 2.38. The summed E-state index contributed by atoms with van der Waals surface area (Å²) < 4.78 is 21.5. The van der Waals surface area contributed by atoms with Crippen molar-refractivity contribution < 1.29 is 18.7 Å². The molecule has 7 heteroatoms. The first-order chi connectivity index (χ1) is 11.7. The van der Waals surface area contributed by atoms with Gasteiger partial charge in [-0.3, -0.25) is 0 Å². The van der Waals surface area contributed by atoms with Crippen LogP contribution in [0.1, 0.15) is 0 Å². The minimum atomic E-state index is 0.279. The van der Waals surface area contributed by atoms with Crippen LogP contribution in [0.25, 0.3) is 22.8 Å². The predicted molar refractivity (Wildman–Crippen MR) is 89.8 cm³/mol. The van der Waals surface area contributed by atoms with Crippen LogP contribution < -0.4 is 14.2 Å². The Morgan fingerprint density at radius 1 is 0.917 bits per heavy atom. The van der Waals surface area contributed by atoms with E-state index in [9.17, 15) is 0 Å². The zero-order valence-corrected chi connectivity index (χ0v) is 14.1. The van der Waals surface area contributed by atoms with Crippen LogP contribution in [0.3, 0.4) is 0 Å². The van der Waals surface area contributed by atoms with Crippen LogP contribution >= 0.6 is 11.6 Å². The van der Waals surface area contributed by atoms with E-state index in [1.165, 1.54) is 0 Å². The number of hydrogen-bond acceptors (Lipinski definition) is 6. The molecule has 6 nitrogen and oxygen atoms in total. The van der Waals surface area contributed by atoms with Crippen LogP contribution in [0, 0.1) is 0 Å². The SMILES string of the molecule is COc1ccc(Cl)cc1-c1noc(-c2c(OC)cccc2OC)n1. The van der Waals surface area contributed by atoms with Crippen molar-refractivity contribution in [2.75, 3.05) is 21.3 Å². The van der Waals surface area contributed by atoms with Crippen LogP contribution in [-0.4, -0.2) is 31.5 Å². The van der Waals surface area contributed by atoms with Gasteiger partial charge in [-0.2, -0.15) is 4.98 Å². The molecule has 0 fully saturated rings. The lowest BCUT2D eigenvalue weighted by molar-refractivity contribution is 0.385. The number of ether oxygens (including phenoxy) is 3. The fraction of sp³-hybridized carbons (Fsp3) is 0.176. The Balaban J connectivity index is 2.12. The van der Waals surface area contributed by atoms with Gasteiger partial charge in [-0.1, -0.05) is 22.8 Å². The Kier molecular flexibility index (Phi) is 4.57. The molecule has 2 aromatic carbocycles. The van der Waals surface area contributed by atoms with Crippen LogP contribution in [0.5, 0.6) is 17.2 Å². The van der Waals surface area contributed by atoms with Gasteiger partial charge >= 0.3 is 0 Å². The fourth-order valence-corrected chi connectivity index (χ4v) is 2.52. The maximum Gasteiger partial charge on any atom is 0.265 e. The summed E-state index contributed by atoms with van der Waals surface area (Å²) in [4.78, 5) is 4.44. The van der Waals surface area contributed by atoms with E-state index in [0.717, 1.165) is 0 Å². The van der Waals surface area contributed by atoms with E-state index in [1.54, 1.807) is 51.7 Å². The first-order valence-electron chi connectivity index (χ1n) is 7.07. The summed E-state index contributed by atoms with van der Waals surface area (Å²) in [7, 11) is 4.70. The van der Waals surface area contributed by atoms with Gasteiger partial charge in [-0.05, 0) is 30.3 Å². The molecule has 1 heterocycles. The lowest BCUT2D eigenvalue weighted by Gasteiger charge is -2.09. The first-order valence-corrected chi connectivity index (χ1v) is 7.44. The van der Waals surface area contributed by atoms with E-state index in [1.807, 2.05) is 6.07 Å². The van der Waals surface area contributed by atoms with Gasteiger partial charge in [-0.25, -0.2) is 0 Å². The van der Waals surface area contributed by atoms with E-state index >= 15 is 0 Å². The van der Waals surface area contributed by atoms with Crippen molar-refractivity contribution in [3.63, 3.8) is 0 Å². The highest BCUT2D eigenvalue weighted by molar-refractivity contribution is 6.30. The van der Waals surface area contributed by atoms with Crippen molar-refractivity contribution in [2.24, 2.45) is 0 Å². The van der Waals surface area contributed by atoms with Crippen molar-refractivity contribution in [3.05, 3.63) is 41.4 Å². The molecule has 0 spiro atoms. The highest BCUT2D eigenvalue weighted by Crippen LogP contribution is 2.39. The van der Waals surface area contributed by atoms with E-state index in [0.29, 0.717) is 39.2 Å². The second-order valence-corrected chi connectivity index (χ2v) is 5.24. The highest BCUT2D eigenvalue weighted by atomic mass is 35.5. The predicted octanol–water partition coefficient (Wildman–Crippen LogP) is 4.08. The van der Waals surface area contributed by atoms with Crippen molar-refractivity contribution >= 4 is 11.6 Å². The molecule has 0 atom stereocenters. The number of benzene rings is 2. The average Bonchev–Trinajstić information content (AvgIpc) is 3.10. The first kappa shape index (κ1) is 16.1. The van der Waals surface area contributed by atoms with Gasteiger partial charge in [0.1, 0.15) is 22.8 Å². The quantitative estimate of drug-likeness (QED) is 0.693. The van der Waals surface area contributed by atoms with Crippen LogP contribution in [0.15, 0.2) is 40.9 Å². The van der Waals surface area contributed by atoms with E-state index in [2.05, 4.69) is 10.1 Å². The molecule has 24 heavy (non-hydrogen) atoms. The fourth-order valence-electron chi connectivity index (χ4n) is 2.35. The van der Waals surface area contributed by atoms with Gasteiger partial charge in [0, 0.05) is 5.02 Å². The molecule has 0 aliphatic heterocycles. The van der Waals surface area contributed by atoms with Crippen LogP contribution in [0.4, 0.5) is 0 Å². The Morgan fingerprint density at radius 3 is 2.21 bits per heavy atom. The zero-order valence-electron chi connectivity index (χ0n) is 13.4. The normalized spacial score (nSPS) is 10.5. The van der Waals surface area contributed by atoms with Crippen molar-refractivity contribution in [1.29, 1.82) is 0 Å². The number of rotatable bonds is 5. The summed E-state index contributed by atoms with van der Waals surface area (Å²) in [5, 5.41) is 4.58. The monoisotopic (exact) mass is 346 g/mol. The van der Waals surface area contributed by atoms with Gasteiger partial charge < -0.3 is 18.7 Å². The summed E-state index contributed by atoms with van der Waals surface area (Å²) in [6, 6.07) is 10.6. The second kappa shape index (κ2) is 6.80. The van der Waals surface area contributed by atoms with Crippen molar-refractivity contribution in [3.8, 4) is 40.1 Å². The van der Waals surface area contributed by atoms with Gasteiger partial charge in [0.05, 0.1) is 26.9 Å². The van der Waals surface area contributed by atoms with Gasteiger partial charge in [0.15, 0.2) is 0 Å². The third-order valence-electron chi connectivity index (χ3n) is 3.47. The molecule has 3 aromatic rings. The topological polar surface area (TPSA) is 66.6 Å². The van der Waals surface area contributed by atoms with Crippen molar-refractivity contribution in [2.45, 2.75) is 0 Å². The average molecular weight is 347 g/mol. The molecule has 3 rings (SSSR count). The van der Waals surface area contributed by atoms with E-state index < -0.39 is 0 Å². The van der Waals surface area contributed by atoms with Crippen LogP contribution in [-0.2, 0) is 0 Å². The van der Waals surface area contributed by atoms with Gasteiger partial charge in [-0.15, -0.1) is 0 Å². The molecule has 0 N–H and O–H groups in total. The van der Waals surface area contributed by atoms with Gasteiger partial charge in [0.2, 0.25) is 5.82 Å². The Bertz CT molecular complexity index is 841. The number of halogens is 1. The van der Waals surface area contributed by atoms with E-state index in [-0.39, 0.29) is 5.89 Å². The summed E-state index contributed by atoms with van der Waals surface area (Å²) in [5.41, 5.74) is 1.22. The van der Waals surface area contributed by atoms with E-state index in [4.69, 9.17) is 30.3 Å². The molecule has 0 aliphatic rings. The molecule has 0 saturated carbocycles. The summed E-state index contributed by atoms with van der Waals surface area (Å²) in [6.45, 7) is 0. The minimum absolute atomic E-state index is 0.279. The molecule has 0 radical (unpaired) electrons. The highest BCUT2D eigenvalue weighted by Gasteiger charge is 2.21. The minimum Gasteiger partial charge on any atom is -0.496 e. The second-order valence-electron chi connectivity index (χ2n) is 4.81. The maximum absolute atomic E-state index is 6.06. The smallest absolute Gasteiger partial charge is 0.265 e. The van der Waals surface area contributed by atoms with Crippen molar-refractivity contribution in [1.82, 2.24) is 10.1 Å². The Labute approximate surface area is 143 Å². The third-order valence-corrected chi connectivity index (χ3v) is 3.71. The molecule has 0 amide bonds. The largest absolute Gasteiger partial charge is 0.496 e. The number of nitrogens with zero attached hydrogens (tertiary/aromatic N) is 2. The number of methoxy groups -OCH3 is 3. The molecule has 124 valence electrons. The lowest BCUT2D eigenvalue weighted by Crippen LogP contribution is -1.93. The zero-order chi connectivity index (χ0) is 17.1. The molecule has 0 saturated heterocycles. The molecule has 0 unspecified atom stereocenters. The molecular weight excluding hydrogens is 332 g/mol. The van der Waals surface area contributed by atoms with Crippen LogP contribution in [0.2, 0.25) is 5.02 Å². The number of aromatic nitrogens is 2. The molecular formula is C17H15ClN2O4. The standard InChI is InChI=1S/C17H15ClN2O4/c1-21-12-8-7-10(18)9-11(12)16-19-17(24-20-16)15-13(22-2)5-4-6-14(15)23-3/h4-9H,1-3H3.